The van der Waals surface area contributed by atoms with Crippen molar-refractivity contribution < 1.29 is 0 Å². The summed E-state index contributed by atoms with van der Waals surface area (Å²) in [6.07, 6.45) is 5.84. The lowest BCUT2D eigenvalue weighted by Crippen LogP contribution is -2.21. The Kier molecular flexibility index (Phi) is 3.51. The maximum absolute atomic E-state index is 4.34. The Morgan fingerprint density at radius 1 is 1.42 bits per heavy atom. The highest BCUT2D eigenvalue weighted by Gasteiger charge is 2.15. The fourth-order valence-corrected chi connectivity index (χ4v) is 2.69. The Bertz CT molecular complexity index is 533. The maximum Gasteiger partial charge on any atom is 0.123 e. The summed E-state index contributed by atoms with van der Waals surface area (Å²) in [5.74, 6) is 1.02. The van der Waals surface area contributed by atoms with Crippen LogP contribution in [-0.4, -0.2) is 16.5 Å². The number of fused-ring (bicyclic) bond motifs is 1. The normalized spacial score (nSPS) is 15.0. The van der Waals surface area contributed by atoms with Crippen molar-refractivity contribution in [3.05, 3.63) is 47.5 Å². The number of imidazole rings is 1. The lowest BCUT2D eigenvalue weighted by molar-refractivity contribution is 0.498. The number of anilines is 1. The van der Waals surface area contributed by atoms with Gasteiger partial charge in [-0.25, -0.2) is 4.98 Å². The van der Waals surface area contributed by atoms with Crippen LogP contribution in [0.4, 0.5) is 5.69 Å². The van der Waals surface area contributed by atoms with Crippen LogP contribution in [0.3, 0.4) is 0 Å². The van der Waals surface area contributed by atoms with E-state index in [2.05, 4.69) is 45.7 Å². The van der Waals surface area contributed by atoms with Crippen LogP contribution in [0.15, 0.2) is 30.6 Å². The molecule has 0 bridgehead atoms. The number of rotatable bonds is 5. The smallest absolute Gasteiger partial charge is 0.123 e. The third-order valence-electron chi connectivity index (χ3n) is 3.73. The summed E-state index contributed by atoms with van der Waals surface area (Å²) in [4.78, 5) is 7.53. The molecule has 3 N–H and O–H groups in total. The van der Waals surface area contributed by atoms with E-state index in [1.807, 2.05) is 6.20 Å². The minimum absolute atomic E-state index is 0.284. The van der Waals surface area contributed by atoms with Crippen LogP contribution in [0.1, 0.15) is 36.3 Å². The van der Waals surface area contributed by atoms with E-state index >= 15 is 0 Å². The molecule has 0 saturated carbocycles. The number of hydrogen-bond acceptors (Lipinski definition) is 3. The highest BCUT2D eigenvalue weighted by molar-refractivity contribution is 5.61. The van der Waals surface area contributed by atoms with E-state index in [0.717, 1.165) is 31.8 Å². The summed E-state index contributed by atoms with van der Waals surface area (Å²) in [6, 6.07) is 6.84. The van der Waals surface area contributed by atoms with E-state index < -0.39 is 0 Å². The van der Waals surface area contributed by atoms with Gasteiger partial charge in [0, 0.05) is 31.2 Å². The molecule has 2 aromatic rings. The maximum atomic E-state index is 4.34. The van der Waals surface area contributed by atoms with Crippen LogP contribution in [0, 0.1) is 0 Å². The van der Waals surface area contributed by atoms with Gasteiger partial charge in [0.15, 0.2) is 0 Å². The lowest BCUT2D eigenvalue weighted by Gasteiger charge is -2.16. The van der Waals surface area contributed by atoms with Crippen molar-refractivity contribution in [3.63, 3.8) is 0 Å². The Balaban J connectivity index is 1.71. The molecule has 0 fully saturated rings. The van der Waals surface area contributed by atoms with Gasteiger partial charge >= 0.3 is 0 Å². The molecule has 100 valence electrons. The molecular formula is C15H20N4. The van der Waals surface area contributed by atoms with Crippen LogP contribution in [0.2, 0.25) is 0 Å². The standard InChI is InChI=1S/C15H20N4/c1-2-13(15-17-8-9-18-15)19-10-12-5-3-4-11-6-7-16-14(11)12/h3-5,8-9,13,16,19H,2,6-7,10H2,1H3,(H,17,18). The number of nitrogens with zero attached hydrogens (tertiary/aromatic N) is 1. The number of nitrogens with one attached hydrogen (secondary N) is 3. The molecule has 0 amide bonds. The predicted molar refractivity (Wildman–Crippen MR) is 77.1 cm³/mol. The molecule has 1 aromatic carbocycles. The van der Waals surface area contributed by atoms with E-state index in [4.69, 9.17) is 0 Å². The number of H-pyrrole nitrogens is 1. The summed E-state index contributed by atoms with van der Waals surface area (Å²) in [5.41, 5.74) is 4.11. The first-order valence-electron chi connectivity index (χ1n) is 6.95. The average Bonchev–Trinajstić information content (AvgIpc) is 3.10. The molecule has 0 aliphatic carbocycles. The van der Waals surface area contributed by atoms with Crippen molar-refractivity contribution in [1.29, 1.82) is 0 Å². The minimum atomic E-state index is 0.284. The second kappa shape index (κ2) is 5.45. The third kappa shape index (κ3) is 2.49. The molecular weight excluding hydrogens is 236 g/mol. The van der Waals surface area contributed by atoms with Crippen molar-refractivity contribution >= 4 is 5.69 Å². The first-order valence-corrected chi connectivity index (χ1v) is 6.95. The highest BCUT2D eigenvalue weighted by Crippen LogP contribution is 2.26. The molecule has 1 aliphatic rings. The molecule has 1 atom stereocenters. The van der Waals surface area contributed by atoms with E-state index in [0.29, 0.717) is 0 Å². The van der Waals surface area contributed by atoms with Crippen molar-refractivity contribution in [3.8, 4) is 0 Å². The van der Waals surface area contributed by atoms with E-state index in [-0.39, 0.29) is 6.04 Å². The van der Waals surface area contributed by atoms with Gasteiger partial charge in [0.1, 0.15) is 5.82 Å². The monoisotopic (exact) mass is 256 g/mol. The second-order valence-electron chi connectivity index (χ2n) is 4.94. The van der Waals surface area contributed by atoms with Crippen LogP contribution >= 0.6 is 0 Å². The largest absolute Gasteiger partial charge is 0.384 e. The van der Waals surface area contributed by atoms with Gasteiger partial charge in [0.2, 0.25) is 0 Å². The Morgan fingerprint density at radius 3 is 3.16 bits per heavy atom. The van der Waals surface area contributed by atoms with Gasteiger partial charge < -0.3 is 15.6 Å². The van der Waals surface area contributed by atoms with E-state index in [1.165, 1.54) is 16.8 Å². The number of aromatic nitrogens is 2. The SMILES string of the molecule is CCC(NCc1cccc2c1NCC2)c1ncc[nH]1. The van der Waals surface area contributed by atoms with Gasteiger partial charge in [0.25, 0.3) is 0 Å². The highest BCUT2D eigenvalue weighted by atomic mass is 15.0. The molecule has 4 heteroatoms. The third-order valence-corrected chi connectivity index (χ3v) is 3.73. The topological polar surface area (TPSA) is 52.7 Å². The predicted octanol–water partition coefficient (Wildman–Crippen LogP) is 2.62. The molecule has 4 nitrogen and oxygen atoms in total. The number of para-hydroxylation sites is 1. The Morgan fingerprint density at radius 2 is 2.37 bits per heavy atom. The van der Waals surface area contributed by atoms with E-state index in [9.17, 15) is 0 Å². The first-order chi connectivity index (χ1) is 9.38. The van der Waals surface area contributed by atoms with Gasteiger partial charge in [-0.15, -0.1) is 0 Å². The molecule has 3 rings (SSSR count). The summed E-state index contributed by atoms with van der Waals surface area (Å²) in [6.45, 7) is 4.10. The Hall–Kier alpha value is -1.81. The van der Waals surface area contributed by atoms with E-state index in [1.54, 1.807) is 6.20 Å². The molecule has 19 heavy (non-hydrogen) atoms. The van der Waals surface area contributed by atoms with Gasteiger partial charge in [0.05, 0.1) is 6.04 Å². The average molecular weight is 256 g/mol. The van der Waals surface area contributed by atoms with Crippen molar-refractivity contribution in [1.82, 2.24) is 15.3 Å². The fourth-order valence-electron chi connectivity index (χ4n) is 2.69. The van der Waals surface area contributed by atoms with Gasteiger partial charge in [-0.05, 0) is 24.0 Å². The first kappa shape index (κ1) is 12.2. The summed E-state index contributed by atoms with van der Waals surface area (Å²) in [5, 5.41) is 7.07. The number of hydrogen-bond donors (Lipinski definition) is 3. The van der Waals surface area contributed by atoms with Crippen molar-refractivity contribution in [2.75, 3.05) is 11.9 Å². The van der Waals surface area contributed by atoms with Crippen LogP contribution in [0.5, 0.6) is 0 Å². The molecule has 1 unspecified atom stereocenters. The number of benzene rings is 1. The van der Waals surface area contributed by atoms with Crippen LogP contribution in [-0.2, 0) is 13.0 Å². The van der Waals surface area contributed by atoms with Gasteiger partial charge in [-0.3, -0.25) is 0 Å². The van der Waals surface area contributed by atoms with Crippen molar-refractivity contribution in [2.45, 2.75) is 32.4 Å². The number of aromatic amines is 1. The van der Waals surface area contributed by atoms with Gasteiger partial charge in [-0.1, -0.05) is 25.1 Å². The van der Waals surface area contributed by atoms with Crippen LogP contribution in [0.25, 0.3) is 0 Å². The van der Waals surface area contributed by atoms with Gasteiger partial charge in [-0.2, -0.15) is 0 Å². The quantitative estimate of drug-likeness (QED) is 0.771. The molecule has 1 aromatic heterocycles. The molecule has 0 saturated heterocycles. The molecule has 2 heterocycles. The molecule has 0 radical (unpaired) electrons. The van der Waals surface area contributed by atoms with Crippen molar-refractivity contribution in [2.24, 2.45) is 0 Å². The summed E-state index contributed by atoms with van der Waals surface area (Å²) < 4.78 is 0. The minimum Gasteiger partial charge on any atom is -0.384 e. The zero-order valence-electron chi connectivity index (χ0n) is 11.2. The molecule has 1 aliphatic heterocycles. The second-order valence-corrected chi connectivity index (χ2v) is 4.94. The summed E-state index contributed by atoms with van der Waals surface area (Å²) in [7, 11) is 0. The zero-order chi connectivity index (χ0) is 13.1. The Labute approximate surface area is 113 Å². The van der Waals surface area contributed by atoms with Crippen LogP contribution < -0.4 is 10.6 Å². The fraction of sp³-hybridized carbons (Fsp3) is 0.400. The lowest BCUT2D eigenvalue weighted by atomic mass is 10.1. The molecule has 0 spiro atoms. The summed E-state index contributed by atoms with van der Waals surface area (Å²) >= 11 is 0. The zero-order valence-corrected chi connectivity index (χ0v) is 11.2.